The zero-order valence-electron chi connectivity index (χ0n) is 12.9. The Hall–Kier alpha value is -2.85. The van der Waals surface area contributed by atoms with Gasteiger partial charge in [-0.1, -0.05) is 41.9 Å². The molecule has 24 heavy (non-hydrogen) atoms. The number of benzene rings is 2. The molecule has 0 unspecified atom stereocenters. The van der Waals surface area contributed by atoms with Crippen LogP contribution in [0.1, 0.15) is 15.9 Å². The van der Waals surface area contributed by atoms with Crippen LogP contribution in [0.15, 0.2) is 59.4 Å². The van der Waals surface area contributed by atoms with Gasteiger partial charge < -0.3 is 9.67 Å². The summed E-state index contributed by atoms with van der Waals surface area (Å²) in [4.78, 5) is 24.9. The predicted octanol–water partition coefficient (Wildman–Crippen LogP) is 3.79. The number of fused-ring (bicyclic) bond motifs is 1. The van der Waals surface area contributed by atoms with Crippen LogP contribution in [-0.2, 0) is 7.05 Å². The molecular weight excluding hydrogens is 326 g/mol. The number of nitrogens with zero attached hydrogens (tertiary/aromatic N) is 1. The molecule has 0 radical (unpaired) electrons. The van der Waals surface area contributed by atoms with Gasteiger partial charge in [-0.15, -0.1) is 0 Å². The molecule has 0 fully saturated rings. The molecule has 0 amide bonds. The fourth-order valence-electron chi connectivity index (χ4n) is 2.56. The van der Waals surface area contributed by atoms with E-state index in [0.717, 1.165) is 0 Å². The third-order valence-electron chi connectivity index (χ3n) is 3.84. The third kappa shape index (κ3) is 2.72. The van der Waals surface area contributed by atoms with Crippen molar-refractivity contribution >= 4 is 34.4 Å². The number of para-hydroxylation sites is 1. The summed E-state index contributed by atoms with van der Waals surface area (Å²) in [7, 11) is 1.57. The number of aromatic hydroxyl groups is 1. The molecule has 5 heteroatoms. The molecule has 1 N–H and O–H groups in total. The first-order valence-electron chi connectivity index (χ1n) is 7.28. The summed E-state index contributed by atoms with van der Waals surface area (Å²) in [5.41, 5.74) is 0.427. The summed E-state index contributed by atoms with van der Waals surface area (Å²) in [6, 6.07) is 13.9. The van der Waals surface area contributed by atoms with Gasteiger partial charge in [-0.2, -0.15) is 0 Å². The number of hydrogen-bond acceptors (Lipinski definition) is 3. The van der Waals surface area contributed by atoms with E-state index >= 15 is 0 Å². The van der Waals surface area contributed by atoms with Crippen molar-refractivity contribution < 1.29 is 9.90 Å². The second-order valence-electron chi connectivity index (χ2n) is 5.32. The number of allylic oxidation sites excluding steroid dienone is 1. The van der Waals surface area contributed by atoms with Gasteiger partial charge in [0, 0.05) is 17.5 Å². The van der Waals surface area contributed by atoms with Gasteiger partial charge in [0.25, 0.3) is 5.56 Å². The highest BCUT2D eigenvalue weighted by Crippen LogP contribution is 2.26. The minimum Gasteiger partial charge on any atom is -0.506 e. The summed E-state index contributed by atoms with van der Waals surface area (Å²) in [5, 5.41) is 11.3. The van der Waals surface area contributed by atoms with E-state index in [4.69, 9.17) is 11.6 Å². The molecule has 0 spiro atoms. The van der Waals surface area contributed by atoms with E-state index in [1.165, 1.54) is 16.7 Å². The molecule has 2 aromatic carbocycles. The minimum atomic E-state index is -0.571. The standard InChI is InChI=1S/C19H14ClNO3/c1-21-15-9-5-3-7-13(15)18(23)17(19(21)24)16(22)11-10-12-6-2-4-8-14(12)20/h2-11,23H,1H3/b11-10+. The number of carbonyl (C=O) groups is 1. The maximum Gasteiger partial charge on any atom is 0.265 e. The molecule has 3 rings (SSSR count). The van der Waals surface area contributed by atoms with Crippen LogP contribution in [0.4, 0.5) is 0 Å². The van der Waals surface area contributed by atoms with Gasteiger partial charge in [0.05, 0.1) is 5.52 Å². The molecule has 0 bridgehead atoms. The Morgan fingerprint density at radius 2 is 1.79 bits per heavy atom. The van der Waals surface area contributed by atoms with Gasteiger partial charge in [0.2, 0.25) is 0 Å². The fourth-order valence-corrected chi connectivity index (χ4v) is 2.76. The Kier molecular flexibility index (Phi) is 4.23. The lowest BCUT2D eigenvalue weighted by molar-refractivity contribution is 0.104. The van der Waals surface area contributed by atoms with Crippen LogP contribution in [0, 0.1) is 0 Å². The van der Waals surface area contributed by atoms with Crippen molar-refractivity contribution in [2.45, 2.75) is 0 Å². The van der Waals surface area contributed by atoms with Crippen LogP contribution in [0.2, 0.25) is 5.02 Å². The topological polar surface area (TPSA) is 59.3 Å². The van der Waals surface area contributed by atoms with E-state index in [1.807, 2.05) is 0 Å². The molecule has 4 nitrogen and oxygen atoms in total. The SMILES string of the molecule is Cn1c(=O)c(C(=O)/C=C/c2ccccc2Cl)c(O)c2ccccc21. The van der Waals surface area contributed by atoms with Crippen LogP contribution in [-0.4, -0.2) is 15.5 Å². The number of aromatic nitrogens is 1. The smallest absolute Gasteiger partial charge is 0.265 e. The average molecular weight is 340 g/mol. The number of halogens is 1. The molecule has 0 aliphatic rings. The summed E-state index contributed by atoms with van der Waals surface area (Å²) in [6.45, 7) is 0. The molecule has 1 heterocycles. The van der Waals surface area contributed by atoms with E-state index in [-0.39, 0.29) is 11.3 Å². The van der Waals surface area contributed by atoms with Crippen molar-refractivity contribution in [1.29, 1.82) is 0 Å². The van der Waals surface area contributed by atoms with E-state index < -0.39 is 11.3 Å². The first-order chi connectivity index (χ1) is 11.5. The molecule has 3 aromatic rings. The number of pyridine rings is 1. The molecule has 0 atom stereocenters. The molecule has 0 aliphatic heterocycles. The Balaban J connectivity index is 2.11. The van der Waals surface area contributed by atoms with Gasteiger partial charge in [0.1, 0.15) is 11.3 Å². The maximum atomic E-state index is 12.5. The molecule has 1 aromatic heterocycles. The van der Waals surface area contributed by atoms with Crippen molar-refractivity contribution in [2.24, 2.45) is 7.05 Å². The summed E-state index contributed by atoms with van der Waals surface area (Å²) >= 11 is 6.04. The molecule has 0 saturated heterocycles. The van der Waals surface area contributed by atoms with Crippen LogP contribution < -0.4 is 5.56 Å². The second kappa shape index (κ2) is 6.34. The van der Waals surface area contributed by atoms with Gasteiger partial charge in [0.15, 0.2) is 5.78 Å². The number of carbonyl (C=O) groups excluding carboxylic acids is 1. The highest BCUT2D eigenvalue weighted by Gasteiger charge is 2.19. The number of hydrogen-bond donors (Lipinski definition) is 1. The van der Waals surface area contributed by atoms with Crippen molar-refractivity contribution in [3.05, 3.63) is 81.1 Å². The first kappa shape index (κ1) is 16.0. The second-order valence-corrected chi connectivity index (χ2v) is 5.73. The largest absolute Gasteiger partial charge is 0.506 e. The van der Waals surface area contributed by atoms with Crippen molar-refractivity contribution in [1.82, 2.24) is 4.57 Å². The lowest BCUT2D eigenvalue weighted by atomic mass is 10.1. The van der Waals surface area contributed by atoms with Crippen molar-refractivity contribution in [3.63, 3.8) is 0 Å². The summed E-state index contributed by atoms with van der Waals surface area (Å²) < 4.78 is 1.35. The first-order valence-corrected chi connectivity index (χ1v) is 7.66. The predicted molar refractivity (Wildman–Crippen MR) is 95.7 cm³/mol. The summed E-state index contributed by atoms with van der Waals surface area (Å²) in [5.74, 6) is -0.874. The highest BCUT2D eigenvalue weighted by molar-refractivity contribution is 6.32. The van der Waals surface area contributed by atoms with E-state index in [2.05, 4.69) is 0 Å². The normalized spacial score (nSPS) is 11.2. The average Bonchev–Trinajstić information content (AvgIpc) is 2.59. The van der Waals surface area contributed by atoms with E-state index in [9.17, 15) is 14.7 Å². The Morgan fingerprint density at radius 1 is 1.12 bits per heavy atom. The Labute approximate surface area is 143 Å². The number of rotatable bonds is 3. The van der Waals surface area contributed by atoms with Crippen LogP contribution in [0.5, 0.6) is 5.75 Å². The zero-order valence-corrected chi connectivity index (χ0v) is 13.6. The number of ketones is 1. The molecule has 0 saturated carbocycles. The lowest BCUT2D eigenvalue weighted by Gasteiger charge is -2.09. The van der Waals surface area contributed by atoms with E-state index in [1.54, 1.807) is 55.6 Å². The lowest BCUT2D eigenvalue weighted by Crippen LogP contribution is -2.24. The Morgan fingerprint density at radius 3 is 2.54 bits per heavy atom. The van der Waals surface area contributed by atoms with Crippen LogP contribution >= 0.6 is 11.6 Å². The monoisotopic (exact) mass is 339 g/mol. The van der Waals surface area contributed by atoms with Crippen LogP contribution in [0.25, 0.3) is 17.0 Å². The zero-order chi connectivity index (χ0) is 17.3. The van der Waals surface area contributed by atoms with Crippen LogP contribution in [0.3, 0.4) is 0 Å². The van der Waals surface area contributed by atoms with E-state index in [0.29, 0.717) is 21.5 Å². The van der Waals surface area contributed by atoms with Gasteiger partial charge in [-0.05, 0) is 35.9 Å². The quantitative estimate of drug-likeness (QED) is 0.583. The third-order valence-corrected chi connectivity index (χ3v) is 4.19. The number of aryl methyl sites for hydroxylation is 1. The van der Waals surface area contributed by atoms with Gasteiger partial charge in [-0.3, -0.25) is 9.59 Å². The van der Waals surface area contributed by atoms with Gasteiger partial charge >= 0.3 is 0 Å². The van der Waals surface area contributed by atoms with Crippen molar-refractivity contribution in [3.8, 4) is 5.75 Å². The highest BCUT2D eigenvalue weighted by atomic mass is 35.5. The summed E-state index contributed by atoms with van der Waals surface area (Å²) in [6.07, 6.45) is 2.77. The van der Waals surface area contributed by atoms with Gasteiger partial charge in [-0.25, -0.2) is 0 Å². The van der Waals surface area contributed by atoms with Crippen molar-refractivity contribution in [2.75, 3.05) is 0 Å². The Bertz CT molecular complexity index is 1030. The maximum absolute atomic E-state index is 12.5. The minimum absolute atomic E-state index is 0.250. The molecular formula is C19H14ClNO3. The fraction of sp³-hybridized carbons (Fsp3) is 0.0526. The molecule has 0 aliphatic carbocycles. The molecule has 120 valence electrons.